The number of aryl methyl sites for hydroxylation is 1. The molecule has 0 aliphatic carbocycles. The zero-order valence-corrected chi connectivity index (χ0v) is 13.4. The number of fused-ring (bicyclic) bond motifs is 1. The van der Waals surface area contributed by atoms with Gasteiger partial charge >= 0.3 is 0 Å². The van der Waals surface area contributed by atoms with Gasteiger partial charge in [0, 0.05) is 37.9 Å². The Bertz CT molecular complexity index is 835. The van der Waals surface area contributed by atoms with Crippen molar-refractivity contribution in [2.24, 2.45) is 5.92 Å². The molecule has 8 nitrogen and oxygen atoms in total. The van der Waals surface area contributed by atoms with Gasteiger partial charge in [0.05, 0.1) is 6.54 Å². The van der Waals surface area contributed by atoms with Gasteiger partial charge in [0.2, 0.25) is 0 Å². The molecular weight excluding hydrogens is 308 g/mol. The number of nitrogens with zero attached hydrogens (tertiary/aromatic N) is 6. The molecule has 0 aromatic carbocycles. The summed E-state index contributed by atoms with van der Waals surface area (Å²) in [6, 6.07) is 3.53. The van der Waals surface area contributed by atoms with E-state index >= 15 is 0 Å². The van der Waals surface area contributed by atoms with E-state index in [-0.39, 0.29) is 11.8 Å². The fourth-order valence-electron chi connectivity index (χ4n) is 3.11. The summed E-state index contributed by atoms with van der Waals surface area (Å²) in [6.07, 6.45) is 6.94. The predicted molar refractivity (Wildman–Crippen MR) is 83.9 cm³/mol. The smallest absolute Gasteiger partial charge is 0.289 e. The topological polar surface area (TPSA) is 82.0 Å². The molecule has 1 atom stereocenters. The molecule has 1 aliphatic heterocycles. The van der Waals surface area contributed by atoms with E-state index in [1.165, 1.54) is 6.33 Å². The lowest BCUT2D eigenvalue weighted by Crippen LogP contribution is -2.35. The Morgan fingerprint density at radius 3 is 3.04 bits per heavy atom. The van der Waals surface area contributed by atoms with Crippen LogP contribution in [-0.2, 0) is 19.6 Å². The summed E-state index contributed by atoms with van der Waals surface area (Å²) in [5.41, 5.74) is 0. The van der Waals surface area contributed by atoms with E-state index < -0.39 is 0 Å². The summed E-state index contributed by atoms with van der Waals surface area (Å²) < 4.78 is 9.40. The zero-order valence-electron chi connectivity index (χ0n) is 13.4. The van der Waals surface area contributed by atoms with Gasteiger partial charge < -0.3 is 13.9 Å². The van der Waals surface area contributed by atoms with Crippen LogP contribution in [0.5, 0.6) is 0 Å². The number of imidazole rings is 1. The highest BCUT2D eigenvalue weighted by molar-refractivity contribution is 5.91. The molecule has 0 N–H and O–H groups in total. The second-order valence-electron chi connectivity index (χ2n) is 6.08. The Kier molecular flexibility index (Phi) is 3.64. The summed E-state index contributed by atoms with van der Waals surface area (Å²) in [5.74, 6) is 2.08. The first-order valence-corrected chi connectivity index (χ1v) is 7.87. The highest BCUT2D eigenvalue weighted by Gasteiger charge is 2.28. The molecule has 124 valence electrons. The number of carbonyl (C=O) groups excluding carboxylic acids is 1. The van der Waals surface area contributed by atoms with E-state index in [1.807, 2.05) is 13.1 Å². The van der Waals surface area contributed by atoms with Crippen molar-refractivity contribution in [3.8, 4) is 0 Å². The first-order chi connectivity index (χ1) is 11.7. The standard InChI is InChI=1S/C16H18N6O2/c1-12-2-3-14(24-12)16(23)21-7-13(8-22-11-17-10-19-22)6-20-5-4-18-15(20)9-21/h2-5,10-11,13H,6-9H2,1H3/t13-/m1/s1. The highest BCUT2D eigenvalue weighted by Crippen LogP contribution is 2.20. The molecule has 0 saturated heterocycles. The van der Waals surface area contributed by atoms with Crippen molar-refractivity contribution in [2.45, 2.75) is 26.6 Å². The molecule has 24 heavy (non-hydrogen) atoms. The van der Waals surface area contributed by atoms with E-state index in [0.29, 0.717) is 25.4 Å². The van der Waals surface area contributed by atoms with Gasteiger partial charge in [0.15, 0.2) is 5.76 Å². The van der Waals surface area contributed by atoms with Gasteiger partial charge in [-0.15, -0.1) is 0 Å². The minimum Gasteiger partial charge on any atom is -0.456 e. The molecule has 0 radical (unpaired) electrons. The van der Waals surface area contributed by atoms with Crippen molar-refractivity contribution in [1.82, 2.24) is 29.2 Å². The van der Waals surface area contributed by atoms with Gasteiger partial charge in [-0.05, 0) is 19.1 Å². The first-order valence-electron chi connectivity index (χ1n) is 7.87. The van der Waals surface area contributed by atoms with Crippen LogP contribution < -0.4 is 0 Å². The Morgan fingerprint density at radius 1 is 1.38 bits per heavy atom. The van der Waals surface area contributed by atoms with Crippen molar-refractivity contribution < 1.29 is 9.21 Å². The molecule has 0 spiro atoms. The van der Waals surface area contributed by atoms with E-state index in [2.05, 4.69) is 19.6 Å². The SMILES string of the molecule is Cc1ccc(C(=O)N2Cc3nccn3C[C@@H](Cn3cncn3)C2)o1. The molecule has 0 saturated carbocycles. The normalized spacial score (nSPS) is 17.5. The number of rotatable bonds is 3. The van der Waals surface area contributed by atoms with Crippen molar-refractivity contribution >= 4 is 5.91 Å². The summed E-state index contributed by atoms with van der Waals surface area (Å²) in [7, 11) is 0. The molecule has 4 rings (SSSR count). The van der Waals surface area contributed by atoms with E-state index in [9.17, 15) is 4.79 Å². The lowest BCUT2D eigenvalue weighted by Gasteiger charge is -2.23. The van der Waals surface area contributed by atoms with Crippen LogP contribution in [0.3, 0.4) is 0 Å². The van der Waals surface area contributed by atoms with Crippen molar-refractivity contribution in [2.75, 3.05) is 6.54 Å². The van der Waals surface area contributed by atoms with E-state index in [4.69, 9.17) is 4.42 Å². The van der Waals surface area contributed by atoms with Crippen LogP contribution >= 0.6 is 0 Å². The fourth-order valence-corrected chi connectivity index (χ4v) is 3.11. The first kappa shape index (κ1) is 14.7. The van der Waals surface area contributed by atoms with E-state index in [0.717, 1.165) is 18.1 Å². The third-order valence-corrected chi connectivity index (χ3v) is 4.22. The third-order valence-electron chi connectivity index (χ3n) is 4.22. The summed E-state index contributed by atoms with van der Waals surface area (Å²) in [5, 5.41) is 4.17. The van der Waals surface area contributed by atoms with Gasteiger partial charge in [-0.25, -0.2) is 9.97 Å². The predicted octanol–water partition coefficient (Wildman–Crippen LogP) is 1.35. The molecule has 0 fully saturated rings. The number of furan rings is 1. The quantitative estimate of drug-likeness (QED) is 0.725. The minimum atomic E-state index is -0.108. The van der Waals surface area contributed by atoms with Crippen molar-refractivity contribution in [1.29, 1.82) is 0 Å². The average molecular weight is 326 g/mol. The van der Waals surface area contributed by atoms with Crippen LogP contribution in [0, 0.1) is 12.8 Å². The molecule has 0 bridgehead atoms. The molecule has 4 heterocycles. The molecule has 0 unspecified atom stereocenters. The molecular formula is C16H18N6O2. The maximum atomic E-state index is 12.8. The molecule has 1 amide bonds. The molecule has 1 aliphatic rings. The Morgan fingerprint density at radius 2 is 2.29 bits per heavy atom. The van der Waals surface area contributed by atoms with Crippen molar-refractivity contribution in [3.05, 3.63) is 54.5 Å². The molecule has 3 aromatic rings. The lowest BCUT2D eigenvalue weighted by molar-refractivity contribution is 0.0679. The third kappa shape index (κ3) is 2.82. The van der Waals surface area contributed by atoms with Gasteiger partial charge in [-0.3, -0.25) is 9.48 Å². The summed E-state index contributed by atoms with van der Waals surface area (Å²) in [4.78, 5) is 23.0. The second kappa shape index (κ2) is 5.95. The highest BCUT2D eigenvalue weighted by atomic mass is 16.3. The van der Waals surface area contributed by atoms with Gasteiger partial charge in [-0.2, -0.15) is 5.10 Å². The van der Waals surface area contributed by atoms with Crippen LogP contribution in [0.1, 0.15) is 22.1 Å². The number of aromatic nitrogens is 5. The Balaban J connectivity index is 1.60. The fraction of sp³-hybridized carbons (Fsp3) is 0.375. The summed E-state index contributed by atoms with van der Waals surface area (Å²) in [6.45, 7) is 4.40. The zero-order chi connectivity index (χ0) is 16.5. The summed E-state index contributed by atoms with van der Waals surface area (Å²) >= 11 is 0. The molecule has 3 aromatic heterocycles. The maximum absolute atomic E-state index is 12.8. The van der Waals surface area contributed by atoms with Gasteiger partial charge in [0.1, 0.15) is 24.2 Å². The van der Waals surface area contributed by atoms with Crippen LogP contribution in [0.25, 0.3) is 0 Å². The number of carbonyl (C=O) groups is 1. The molecule has 8 heteroatoms. The second-order valence-corrected chi connectivity index (χ2v) is 6.08. The Labute approximate surface area is 138 Å². The number of amides is 1. The van der Waals surface area contributed by atoms with Crippen LogP contribution in [0.15, 0.2) is 41.6 Å². The minimum absolute atomic E-state index is 0.108. The van der Waals surface area contributed by atoms with Crippen LogP contribution in [0.4, 0.5) is 0 Å². The number of hydrogen-bond acceptors (Lipinski definition) is 5. The van der Waals surface area contributed by atoms with Gasteiger partial charge in [-0.1, -0.05) is 0 Å². The average Bonchev–Trinajstić information content (AvgIpc) is 3.28. The Hall–Kier alpha value is -2.90. The number of hydrogen-bond donors (Lipinski definition) is 0. The van der Waals surface area contributed by atoms with E-state index in [1.54, 1.807) is 34.2 Å². The van der Waals surface area contributed by atoms with Gasteiger partial charge in [0.25, 0.3) is 5.91 Å². The van der Waals surface area contributed by atoms with Crippen molar-refractivity contribution in [3.63, 3.8) is 0 Å². The maximum Gasteiger partial charge on any atom is 0.289 e. The largest absolute Gasteiger partial charge is 0.456 e. The van der Waals surface area contributed by atoms with Crippen LogP contribution in [0.2, 0.25) is 0 Å². The van der Waals surface area contributed by atoms with Crippen LogP contribution in [-0.4, -0.2) is 41.7 Å². The monoisotopic (exact) mass is 326 g/mol. The lowest BCUT2D eigenvalue weighted by atomic mass is 10.1.